The largest absolute Gasteiger partial charge is 0.300 e. The topological polar surface area (TPSA) is 71.5 Å². The second-order valence-electron chi connectivity index (χ2n) is 7.01. The first-order chi connectivity index (χ1) is 11.4. The molecule has 0 aromatic heterocycles. The average molecular weight is 327 g/mol. The number of nitrogens with zero attached hydrogens (tertiary/aromatic N) is 1. The molecule has 3 atom stereocenters. The number of para-hydroxylation sites is 1. The minimum Gasteiger partial charge on any atom is -0.300 e. The molecular weight excluding hydrogens is 306 g/mol. The number of Topliss-reactive ketones (excluding diaryl/α,β-unsaturated/α-hetero) is 2. The van der Waals surface area contributed by atoms with Crippen molar-refractivity contribution in [3.8, 4) is 0 Å². The molecule has 2 aliphatic rings. The van der Waals surface area contributed by atoms with Gasteiger partial charge in [0.05, 0.1) is 17.5 Å². The lowest BCUT2D eigenvalue weighted by molar-refractivity contribution is -0.144. The molecule has 126 valence electrons. The fraction of sp³-hybridized carbons (Fsp3) is 0.474. The molecule has 1 aromatic rings. The normalized spacial score (nSPS) is 29.8. The van der Waals surface area contributed by atoms with Crippen molar-refractivity contribution in [2.45, 2.75) is 39.5 Å². The highest BCUT2D eigenvalue weighted by atomic mass is 16.2. The van der Waals surface area contributed by atoms with Crippen LogP contribution in [0.1, 0.15) is 39.5 Å². The van der Waals surface area contributed by atoms with E-state index in [1.807, 2.05) is 6.07 Å². The molecule has 1 saturated heterocycles. The predicted octanol–water partition coefficient (Wildman–Crippen LogP) is 2.53. The van der Waals surface area contributed by atoms with Crippen LogP contribution >= 0.6 is 0 Å². The molecular formula is C19H21NO4. The van der Waals surface area contributed by atoms with Crippen molar-refractivity contribution in [2.75, 3.05) is 4.90 Å². The molecule has 0 N–H and O–H groups in total. The first-order valence-corrected chi connectivity index (χ1v) is 8.32. The average Bonchev–Trinajstić information content (AvgIpc) is 2.82. The van der Waals surface area contributed by atoms with Crippen LogP contribution in [0.3, 0.4) is 0 Å². The van der Waals surface area contributed by atoms with E-state index in [1.54, 1.807) is 31.2 Å². The van der Waals surface area contributed by atoms with Crippen LogP contribution in [0.15, 0.2) is 30.3 Å². The number of anilines is 1. The molecule has 1 aliphatic carbocycles. The zero-order valence-corrected chi connectivity index (χ0v) is 14.0. The molecule has 3 rings (SSSR count). The maximum Gasteiger partial charge on any atom is 0.238 e. The minimum absolute atomic E-state index is 0.0113. The van der Waals surface area contributed by atoms with Gasteiger partial charge in [0, 0.05) is 18.3 Å². The van der Waals surface area contributed by atoms with Gasteiger partial charge in [0.2, 0.25) is 11.8 Å². The molecule has 1 aromatic carbocycles. The summed E-state index contributed by atoms with van der Waals surface area (Å²) in [6.07, 6.45) is 1.27. The molecule has 1 saturated carbocycles. The minimum atomic E-state index is -0.940. The Balaban J connectivity index is 1.98. The molecule has 0 radical (unpaired) electrons. The Morgan fingerprint density at radius 3 is 2.46 bits per heavy atom. The molecule has 2 amide bonds. The van der Waals surface area contributed by atoms with Crippen LogP contribution in [0.25, 0.3) is 0 Å². The molecule has 0 bridgehead atoms. The van der Waals surface area contributed by atoms with E-state index in [4.69, 9.17) is 0 Å². The highest BCUT2D eigenvalue weighted by molar-refractivity contribution is 6.23. The summed E-state index contributed by atoms with van der Waals surface area (Å²) in [5, 5.41) is 0. The summed E-state index contributed by atoms with van der Waals surface area (Å²) < 4.78 is 0. The van der Waals surface area contributed by atoms with E-state index < -0.39 is 17.3 Å². The molecule has 1 aliphatic heterocycles. The molecule has 5 nitrogen and oxygen atoms in total. The van der Waals surface area contributed by atoms with Gasteiger partial charge in [0.15, 0.2) is 0 Å². The van der Waals surface area contributed by atoms with Crippen LogP contribution in [0.2, 0.25) is 0 Å². The summed E-state index contributed by atoms with van der Waals surface area (Å²) in [5.74, 6) is -1.69. The first-order valence-electron chi connectivity index (χ1n) is 8.32. The van der Waals surface area contributed by atoms with Crippen molar-refractivity contribution in [3.05, 3.63) is 30.3 Å². The molecule has 2 fully saturated rings. The number of amides is 2. The van der Waals surface area contributed by atoms with Gasteiger partial charge in [-0.3, -0.25) is 19.3 Å². The first kappa shape index (κ1) is 16.6. The quantitative estimate of drug-likeness (QED) is 0.797. The molecule has 24 heavy (non-hydrogen) atoms. The lowest BCUT2D eigenvalue weighted by atomic mass is 9.60. The number of benzene rings is 1. The van der Waals surface area contributed by atoms with Crippen molar-refractivity contribution < 1.29 is 19.2 Å². The summed E-state index contributed by atoms with van der Waals surface area (Å²) in [6.45, 7) is 3.22. The number of carbonyl (C=O) groups is 4. The smallest absolute Gasteiger partial charge is 0.238 e. The van der Waals surface area contributed by atoms with E-state index in [9.17, 15) is 19.2 Å². The monoisotopic (exact) mass is 327 g/mol. The van der Waals surface area contributed by atoms with Crippen molar-refractivity contribution in [1.29, 1.82) is 0 Å². The Labute approximate surface area is 141 Å². The van der Waals surface area contributed by atoms with Crippen LogP contribution in [-0.2, 0) is 19.2 Å². The van der Waals surface area contributed by atoms with E-state index >= 15 is 0 Å². The second kappa shape index (κ2) is 5.96. The number of carbonyl (C=O) groups excluding carboxylic acids is 4. The molecule has 5 heteroatoms. The van der Waals surface area contributed by atoms with Crippen molar-refractivity contribution in [1.82, 2.24) is 0 Å². The Kier molecular flexibility index (Phi) is 4.11. The maximum atomic E-state index is 13.0. The number of hydrogen-bond acceptors (Lipinski definition) is 4. The fourth-order valence-corrected chi connectivity index (χ4v) is 4.04. The standard InChI is InChI=1S/C19H21NO4/c1-12(21)10-11-19(2)15(22)9-8-14-16(19)18(24)20(17(14)23)13-6-4-3-5-7-13/h3-7,14,16H,8-11H2,1-2H3/t14-,16+,19+/m0/s1. The number of imide groups is 1. The van der Waals surface area contributed by atoms with Gasteiger partial charge in [0.1, 0.15) is 11.6 Å². The Bertz CT molecular complexity index is 711. The van der Waals surface area contributed by atoms with Gasteiger partial charge in [0.25, 0.3) is 0 Å². The summed E-state index contributed by atoms with van der Waals surface area (Å²) in [7, 11) is 0. The van der Waals surface area contributed by atoms with Gasteiger partial charge >= 0.3 is 0 Å². The predicted molar refractivity (Wildman–Crippen MR) is 88.2 cm³/mol. The van der Waals surface area contributed by atoms with Crippen LogP contribution in [0.5, 0.6) is 0 Å². The SMILES string of the molecule is CC(=O)CC[C@]1(C)C(=O)CC[C@@H]2C(=O)N(c3ccccc3)C(=O)[C@@H]21. The van der Waals surface area contributed by atoms with Crippen molar-refractivity contribution in [2.24, 2.45) is 17.3 Å². The zero-order valence-electron chi connectivity index (χ0n) is 14.0. The van der Waals surface area contributed by atoms with Gasteiger partial charge in [-0.25, -0.2) is 0 Å². The third-order valence-electron chi connectivity index (χ3n) is 5.44. The second-order valence-corrected chi connectivity index (χ2v) is 7.01. The van der Waals surface area contributed by atoms with E-state index in [0.29, 0.717) is 18.5 Å². The number of hydrogen-bond donors (Lipinski definition) is 0. The third-order valence-corrected chi connectivity index (χ3v) is 5.44. The number of ketones is 2. The van der Waals surface area contributed by atoms with Gasteiger partial charge in [-0.1, -0.05) is 25.1 Å². The highest BCUT2D eigenvalue weighted by Crippen LogP contribution is 2.50. The summed E-state index contributed by atoms with van der Waals surface area (Å²) >= 11 is 0. The molecule has 1 heterocycles. The number of rotatable bonds is 4. The van der Waals surface area contributed by atoms with E-state index in [2.05, 4.69) is 0 Å². The zero-order chi connectivity index (χ0) is 17.5. The van der Waals surface area contributed by atoms with Crippen molar-refractivity contribution >= 4 is 29.1 Å². The summed E-state index contributed by atoms with van der Waals surface area (Å²) in [4.78, 5) is 51.0. The van der Waals surface area contributed by atoms with Crippen LogP contribution in [-0.4, -0.2) is 23.4 Å². The van der Waals surface area contributed by atoms with E-state index in [1.165, 1.54) is 11.8 Å². The van der Waals surface area contributed by atoms with Gasteiger partial charge in [-0.15, -0.1) is 0 Å². The van der Waals surface area contributed by atoms with Crippen LogP contribution in [0, 0.1) is 17.3 Å². The van der Waals surface area contributed by atoms with Gasteiger partial charge in [-0.05, 0) is 31.9 Å². The maximum absolute atomic E-state index is 13.0. The van der Waals surface area contributed by atoms with E-state index in [-0.39, 0.29) is 36.2 Å². The van der Waals surface area contributed by atoms with Crippen LogP contribution < -0.4 is 4.90 Å². The highest BCUT2D eigenvalue weighted by Gasteiger charge is 2.60. The lowest BCUT2D eigenvalue weighted by Crippen LogP contribution is -2.46. The number of fused-ring (bicyclic) bond motifs is 1. The summed E-state index contributed by atoms with van der Waals surface area (Å²) in [5.41, 5.74) is -0.395. The molecule has 0 unspecified atom stereocenters. The lowest BCUT2D eigenvalue weighted by Gasteiger charge is -2.39. The summed E-state index contributed by atoms with van der Waals surface area (Å²) in [6, 6.07) is 8.82. The molecule has 0 spiro atoms. The van der Waals surface area contributed by atoms with Crippen LogP contribution in [0.4, 0.5) is 5.69 Å². The fourth-order valence-electron chi connectivity index (χ4n) is 4.04. The van der Waals surface area contributed by atoms with Gasteiger partial charge < -0.3 is 4.79 Å². The van der Waals surface area contributed by atoms with E-state index in [0.717, 1.165) is 0 Å². The third kappa shape index (κ3) is 2.48. The van der Waals surface area contributed by atoms with Gasteiger partial charge in [-0.2, -0.15) is 0 Å². The Morgan fingerprint density at radius 1 is 1.17 bits per heavy atom. The Hall–Kier alpha value is -2.30. The van der Waals surface area contributed by atoms with Crippen molar-refractivity contribution in [3.63, 3.8) is 0 Å². The Morgan fingerprint density at radius 2 is 1.83 bits per heavy atom.